The van der Waals surface area contributed by atoms with Gasteiger partial charge in [0.15, 0.2) is 0 Å². The first-order chi connectivity index (χ1) is 9.06. The molecule has 2 saturated carbocycles. The molecule has 0 unspecified atom stereocenters. The van der Waals surface area contributed by atoms with E-state index in [1.807, 2.05) is 0 Å². The van der Waals surface area contributed by atoms with Crippen LogP contribution in [0.15, 0.2) is 0 Å². The maximum absolute atomic E-state index is 11.0. The van der Waals surface area contributed by atoms with Crippen LogP contribution < -0.4 is 0 Å². The molecule has 0 heterocycles. The molecule has 0 radical (unpaired) electrons. The summed E-state index contributed by atoms with van der Waals surface area (Å²) in [4.78, 5) is 2.41. The van der Waals surface area contributed by atoms with Gasteiger partial charge in [-0.25, -0.2) is 0 Å². The Bertz CT molecular complexity index is 339. The fourth-order valence-electron chi connectivity index (χ4n) is 3.71. The summed E-state index contributed by atoms with van der Waals surface area (Å²) in [6, 6.07) is 1.08. The van der Waals surface area contributed by atoms with Crippen LogP contribution in [0.4, 0.5) is 0 Å². The Morgan fingerprint density at radius 3 is 1.63 bits per heavy atom. The van der Waals surface area contributed by atoms with Gasteiger partial charge in [-0.15, -0.1) is 0 Å². The lowest BCUT2D eigenvalue weighted by Crippen LogP contribution is -2.47. The maximum Gasteiger partial charge on any atom is 0.266 e. The molecule has 0 atom stereocenters. The molecule has 1 N–H and O–H groups in total. The third-order valence-corrected chi connectivity index (χ3v) is 5.39. The molecule has 0 aliphatic heterocycles. The molecule has 4 nitrogen and oxygen atoms in total. The molecular weight excluding hydrogens is 262 g/mol. The molecular formula is C14H27NO3S. The summed E-state index contributed by atoms with van der Waals surface area (Å²) in [5, 5.41) is 0. The van der Waals surface area contributed by atoms with Crippen LogP contribution >= 0.6 is 0 Å². The van der Waals surface area contributed by atoms with Crippen LogP contribution in [-0.4, -0.2) is 42.3 Å². The van der Waals surface area contributed by atoms with Gasteiger partial charge in [0.1, 0.15) is 0 Å². The van der Waals surface area contributed by atoms with Gasteiger partial charge in [0, 0.05) is 18.6 Å². The van der Waals surface area contributed by atoms with Gasteiger partial charge in [0.25, 0.3) is 10.1 Å². The van der Waals surface area contributed by atoms with Crippen LogP contribution in [0.5, 0.6) is 0 Å². The van der Waals surface area contributed by atoms with Crippen molar-refractivity contribution in [2.75, 3.05) is 12.3 Å². The Hall–Kier alpha value is -0.130. The summed E-state index contributed by atoms with van der Waals surface area (Å²) < 4.78 is 31.1. The summed E-state index contributed by atoms with van der Waals surface area (Å²) in [7, 11) is -3.84. The summed E-state index contributed by atoms with van der Waals surface area (Å²) in [5.41, 5.74) is 0. The van der Waals surface area contributed by atoms with Gasteiger partial charge in [0.2, 0.25) is 0 Å². The molecule has 2 rings (SSSR count). The van der Waals surface area contributed by atoms with Crippen molar-refractivity contribution in [3.63, 3.8) is 0 Å². The molecule has 2 aliphatic rings. The quantitative estimate of drug-likeness (QED) is 0.791. The minimum Gasteiger partial charge on any atom is -0.296 e. The minimum absolute atomic E-state index is 0.111. The van der Waals surface area contributed by atoms with Crippen LogP contribution in [0.2, 0.25) is 0 Å². The van der Waals surface area contributed by atoms with Crippen molar-refractivity contribution in [2.24, 2.45) is 0 Å². The van der Waals surface area contributed by atoms with E-state index in [1.54, 1.807) is 0 Å². The molecule has 2 fully saturated rings. The number of nitrogens with zero attached hydrogens (tertiary/aromatic N) is 1. The smallest absolute Gasteiger partial charge is 0.266 e. The van der Waals surface area contributed by atoms with E-state index in [0.29, 0.717) is 18.6 Å². The molecule has 0 amide bonds. The van der Waals surface area contributed by atoms with Gasteiger partial charge in [-0.1, -0.05) is 38.5 Å². The highest BCUT2D eigenvalue weighted by Crippen LogP contribution is 2.29. The van der Waals surface area contributed by atoms with Crippen molar-refractivity contribution in [1.82, 2.24) is 4.90 Å². The summed E-state index contributed by atoms with van der Waals surface area (Å²) in [6.07, 6.45) is 12.5. The zero-order chi connectivity index (χ0) is 13.7. The number of rotatable bonds is 5. The van der Waals surface area contributed by atoms with E-state index < -0.39 is 10.1 Å². The zero-order valence-electron chi connectivity index (χ0n) is 11.8. The lowest BCUT2D eigenvalue weighted by Gasteiger charge is -2.41. The Kier molecular flexibility index (Phi) is 5.66. The molecule has 0 saturated heterocycles. The van der Waals surface area contributed by atoms with Crippen LogP contribution in [-0.2, 0) is 10.1 Å². The first-order valence-corrected chi connectivity index (χ1v) is 9.38. The van der Waals surface area contributed by atoms with Crippen LogP contribution in [0.1, 0.15) is 64.2 Å². The molecule has 2 aliphatic carbocycles. The Labute approximate surface area is 117 Å². The van der Waals surface area contributed by atoms with Gasteiger partial charge in [-0.2, -0.15) is 8.42 Å². The molecule has 0 aromatic carbocycles. The largest absolute Gasteiger partial charge is 0.296 e. The van der Waals surface area contributed by atoms with E-state index in [0.717, 1.165) is 0 Å². The van der Waals surface area contributed by atoms with Gasteiger partial charge < -0.3 is 0 Å². The monoisotopic (exact) mass is 289 g/mol. The Balaban J connectivity index is 1.98. The lowest BCUT2D eigenvalue weighted by molar-refractivity contribution is 0.0873. The molecule has 19 heavy (non-hydrogen) atoms. The molecule has 0 bridgehead atoms. The fourth-order valence-corrected chi connectivity index (χ4v) is 4.15. The van der Waals surface area contributed by atoms with Crippen molar-refractivity contribution in [2.45, 2.75) is 76.3 Å². The van der Waals surface area contributed by atoms with Crippen LogP contribution in [0, 0.1) is 0 Å². The second kappa shape index (κ2) is 7.04. The molecule has 0 aromatic rings. The topological polar surface area (TPSA) is 57.6 Å². The molecule has 5 heteroatoms. The predicted octanol–water partition coefficient (Wildman–Crippen LogP) is 2.84. The van der Waals surface area contributed by atoms with Crippen molar-refractivity contribution < 1.29 is 13.0 Å². The van der Waals surface area contributed by atoms with E-state index in [-0.39, 0.29) is 5.75 Å². The average Bonchev–Trinajstić information content (AvgIpc) is 2.40. The molecule has 112 valence electrons. The first kappa shape index (κ1) is 15.3. The highest BCUT2D eigenvalue weighted by Gasteiger charge is 2.29. The standard InChI is InChI=1S/C14H27NO3S/c16-19(17,18)12-11-15(13-7-3-1-4-8-13)14-9-5-2-6-10-14/h13-14H,1-12H2,(H,16,17,18). The van der Waals surface area contributed by atoms with E-state index in [4.69, 9.17) is 4.55 Å². The normalized spacial score (nSPS) is 23.9. The lowest BCUT2D eigenvalue weighted by atomic mass is 9.89. The van der Waals surface area contributed by atoms with E-state index in [1.165, 1.54) is 64.2 Å². The summed E-state index contributed by atoms with van der Waals surface area (Å²) in [6.45, 7) is 0.508. The Morgan fingerprint density at radius 1 is 0.842 bits per heavy atom. The van der Waals surface area contributed by atoms with Crippen molar-refractivity contribution in [3.05, 3.63) is 0 Å². The van der Waals surface area contributed by atoms with Crippen LogP contribution in [0.25, 0.3) is 0 Å². The SMILES string of the molecule is O=S(=O)(O)CCN(C1CCCCC1)C1CCCCC1. The van der Waals surface area contributed by atoms with Crippen molar-refractivity contribution in [3.8, 4) is 0 Å². The molecule has 0 spiro atoms. The number of hydrogen-bond acceptors (Lipinski definition) is 3. The summed E-state index contributed by atoms with van der Waals surface area (Å²) in [5.74, 6) is -0.111. The van der Waals surface area contributed by atoms with E-state index >= 15 is 0 Å². The third kappa shape index (κ3) is 5.04. The average molecular weight is 289 g/mol. The second-order valence-corrected chi connectivity index (χ2v) is 7.68. The van der Waals surface area contributed by atoms with Gasteiger partial charge >= 0.3 is 0 Å². The third-order valence-electron chi connectivity index (χ3n) is 4.69. The first-order valence-electron chi connectivity index (χ1n) is 7.77. The Morgan fingerprint density at radius 2 is 1.26 bits per heavy atom. The van der Waals surface area contributed by atoms with Crippen molar-refractivity contribution >= 4 is 10.1 Å². The summed E-state index contributed by atoms with van der Waals surface area (Å²) >= 11 is 0. The van der Waals surface area contributed by atoms with Crippen molar-refractivity contribution in [1.29, 1.82) is 0 Å². The van der Waals surface area contributed by atoms with Crippen LogP contribution in [0.3, 0.4) is 0 Å². The fraction of sp³-hybridized carbons (Fsp3) is 1.00. The minimum atomic E-state index is -3.84. The van der Waals surface area contributed by atoms with E-state index in [9.17, 15) is 8.42 Å². The highest BCUT2D eigenvalue weighted by molar-refractivity contribution is 7.85. The zero-order valence-corrected chi connectivity index (χ0v) is 12.6. The van der Waals surface area contributed by atoms with Gasteiger partial charge in [-0.3, -0.25) is 9.45 Å². The van der Waals surface area contributed by atoms with Gasteiger partial charge in [-0.05, 0) is 25.7 Å². The highest BCUT2D eigenvalue weighted by atomic mass is 32.2. The maximum atomic E-state index is 11.0. The molecule has 0 aromatic heterocycles. The predicted molar refractivity (Wildman–Crippen MR) is 76.9 cm³/mol. The second-order valence-electron chi connectivity index (χ2n) is 6.11. The van der Waals surface area contributed by atoms with E-state index in [2.05, 4.69) is 4.90 Å². The number of hydrogen-bond donors (Lipinski definition) is 1. The van der Waals surface area contributed by atoms with Gasteiger partial charge in [0.05, 0.1) is 5.75 Å².